The molecule has 1 N–H and O–H groups in total. The molecule has 3 aliphatic rings. The lowest BCUT2D eigenvalue weighted by Crippen LogP contribution is -2.59. The third-order valence-corrected chi connectivity index (χ3v) is 7.94. The third kappa shape index (κ3) is 3.43. The molecule has 0 radical (unpaired) electrons. The van der Waals surface area contributed by atoms with Crippen molar-refractivity contribution in [3.8, 4) is 0 Å². The molecule has 0 unspecified atom stereocenters. The molecule has 6 nitrogen and oxygen atoms in total. The number of ketones is 1. The van der Waals surface area contributed by atoms with Gasteiger partial charge in [0.2, 0.25) is 5.89 Å². The van der Waals surface area contributed by atoms with Gasteiger partial charge >= 0.3 is 6.09 Å². The zero-order valence-electron chi connectivity index (χ0n) is 17.9. The van der Waals surface area contributed by atoms with Gasteiger partial charge in [-0.15, -0.1) is 0 Å². The van der Waals surface area contributed by atoms with Gasteiger partial charge in [-0.05, 0) is 63.1 Å². The largest absolute Gasteiger partial charge is 0.465 e. The van der Waals surface area contributed by atoms with Crippen molar-refractivity contribution in [2.75, 3.05) is 0 Å². The number of halogens is 1. The van der Waals surface area contributed by atoms with Gasteiger partial charge in [0.05, 0.1) is 5.56 Å². The number of hydrogen-bond donors (Lipinski definition) is 1. The Labute approximate surface area is 194 Å². The summed E-state index contributed by atoms with van der Waals surface area (Å²) in [6.45, 7) is 1.94. The molecule has 2 bridgehead atoms. The van der Waals surface area contributed by atoms with Crippen LogP contribution in [0.3, 0.4) is 0 Å². The molecule has 0 aliphatic heterocycles. The molecule has 1 aromatic heterocycles. The van der Waals surface area contributed by atoms with Crippen molar-refractivity contribution in [3.63, 3.8) is 0 Å². The summed E-state index contributed by atoms with van der Waals surface area (Å²) >= 11 is 3.46. The number of hydrogen-bond acceptors (Lipinski definition) is 4. The number of carbonyl (C=O) groups excluding carboxylic acids is 1. The zero-order valence-corrected chi connectivity index (χ0v) is 19.5. The highest BCUT2D eigenvalue weighted by molar-refractivity contribution is 9.10. The molecule has 0 saturated heterocycles. The lowest BCUT2D eigenvalue weighted by atomic mass is 9.56. The van der Waals surface area contributed by atoms with Crippen molar-refractivity contribution in [1.29, 1.82) is 0 Å². The number of carbonyl (C=O) groups is 2. The van der Waals surface area contributed by atoms with Crippen molar-refractivity contribution in [1.82, 2.24) is 9.88 Å². The molecule has 0 spiro atoms. The van der Waals surface area contributed by atoms with Crippen LogP contribution in [0.5, 0.6) is 0 Å². The number of aromatic nitrogens is 1. The van der Waals surface area contributed by atoms with Gasteiger partial charge in [0.1, 0.15) is 5.52 Å². The molecule has 32 heavy (non-hydrogen) atoms. The maximum absolute atomic E-state index is 12.2. The van der Waals surface area contributed by atoms with Crippen molar-refractivity contribution in [2.45, 2.75) is 62.9 Å². The second-order valence-corrected chi connectivity index (χ2v) is 10.2. The molecule has 3 aliphatic carbocycles. The topological polar surface area (TPSA) is 83.6 Å². The Bertz CT molecular complexity index is 1180. The minimum atomic E-state index is -0.860. The van der Waals surface area contributed by atoms with Crippen LogP contribution in [0.15, 0.2) is 51.4 Å². The Hall–Kier alpha value is -2.67. The highest BCUT2D eigenvalue weighted by Crippen LogP contribution is 2.56. The monoisotopic (exact) mass is 496 g/mol. The average Bonchev–Trinajstić information content (AvgIpc) is 3.23. The van der Waals surface area contributed by atoms with Crippen molar-refractivity contribution < 1.29 is 19.1 Å². The van der Waals surface area contributed by atoms with Crippen LogP contribution in [0.2, 0.25) is 0 Å². The second kappa shape index (κ2) is 7.73. The normalized spacial score (nSPS) is 24.6. The van der Waals surface area contributed by atoms with Crippen molar-refractivity contribution in [2.24, 2.45) is 0 Å². The predicted octanol–water partition coefficient (Wildman–Crippen LogP) is 6.32. The Morgan fingerprint density at radius 2 is 1.75 bits per heavy atom. The first-order chi connectivity index (χ1) is 15.3. The highest BCUT2D eigenvalue weighted by Gasteiger charge is 2.55. The molecule has 1 heterocycles. The maximum atomic E-state index is 12.2. The van der Waals surface area contributed by atoms with Crippen LogP contribution in [0, 0.1) is 0 Å². The van der Waals surface area contributed by atoms with Crippen molar-refractivity contribution >= 4 is 38.9 Å². The van der Waals surface area contributed by atoms with Crippen LogP contribution in [-0.4, -0.2) is 32.4 Å². The van der Waals surface area contributed by atoms with E-state index in [1.165, 1.54) is 6.92 Å². The molecule has 3 saturated carbocycles. The van der Waals surface area contributed by atoms with E-state index < -0.39 is 6.09 Å². The van der Waals surface area contributed by atoms with E-state index in [0.29, 0.717) is 29.1 Å². The number of amides is 1. The molecule has 2 aromatic carbocycles. The molecule has 6 rings (SSSR count). The number of benzene rings is 2. The van der Waals surface area contributed by atoms with E-state index in [1.54, 1.807) is 11.0 Å². The first-order valence-electron chi connectivity index (χ1n) is 11.0. The first-order valence-corrected chi connectivity index (χ1v) is 11.8. The summed E-state index contributed by atoms with van der Waals surface area (Å²) in [6.07, 6.45) is 3.98. The van der Waals surface area contributed by atoms with E-state index in [0.717, 1.165) is 48.6 Å². The number of fused-ring (bicyclic) bond motifs is 4. The van der Waals surface area contributed by atoms with E-state index in [4.69, 9.17) is 9.40 Å². The lowest BCUT2D eigenvalue weighted by molar-refractivity contribution is -0.0253. The summed E-state index contributed by atoms with van der Waals surface area (Å²) in [5.74, 6) is 0.632. The van der Waals surface area contributed by atoms with Gasteiger partial charge in [0.25, 0.3) is 0 Å². The average molecular weight is 497 g/mol. The van der Waals surface area contributed by atoms with Gasteiger partial charge in [-0.3, -0.25) is 9.69 Å². The second-order valence-electron chi connectivity index (χ2n) is 9.24. The van der Waals surface area contributed by atoms with Crippen LogP contribution < -0.4 is 0 Å². The van der Waals surface area contributed by atoms with Crippen molar-refractivity contribution in [3.05, 3.63) is 64.0 Å². The van der Waals surface area contributed by atoms with E-state index in [2.05, 4.69) is 15.9 Å². The molecular formula is C25H25BrN2O4. The lowest BCUT2D eigenvalue weighted by Gasteiger charge is -2.55. The number of carboxylic acid groups (broad SMARTS) is 1. The minimum Gasteiger partial charge on any atom is -0.465 e. The van der Waals surface area contributed by atoms with Gasteiger partial charge in [-0.1, -0.05) is 46.3 Å². The third-order valence-electron chi connectivity index (χ3n) is 7.48. The summed E-state index contributed by atoms with van der Waals surface area (Å²) < 4.78 is 7.03. The maximum Gasteiger partial charge on any atom is 0.408 e. The van der Waals surface area contributed by atoms with Crippen LogP contribution in [-0.2, 0) is 12.0 Å². The van der Waals surface area contributed by atoms with E-state index in [1.807, 2.05) is 36.4 Å². The smallest absolute Gasteiger partial charge is 0.408 e. The molecule has 1 amide bonds. The van der Waals surface area contributed by atoms with Crippen LogP contribution in [0.25, 0.3) is 11.1 Å². The highest BCUT2D eigenvalue weighted by atomic mass is 79.9. The summed E-state index contributed by atoms with van der Waals surface area (Å²) in [5.41, 5.74) is 2.23. The molecule has 0 atom stereocenters. The Morgan fingerprint density at radius 3 is 2.34 bits per heavy atom. The van der Waals surface area contributed by atoms with Crippen LogP contribution in [0.4, 0.5) is 4.79 Å². The fourth-order valence-electron chi connectivity index (χ4n) is 5.58. The van der Waals surface area contributed by atoms with E-state index in [9.17, 15) is 14.7 Å². The predicted molar refractivity (Wildman–Crippen MR) is 124 cm³/mol. The Kier molecular flexibility index (Phi) is 5.12. The minimum absolute atomic E-state index is 0.0548. The fraction of sp³-hybridized carbons (Fsp3) is 0.400. The molecule has 7 heteroatoms. The number of Topliss-reactive ketones (excluding diaryl/α,β-unsaturated/α-hetero) is 1. The summed E-state index contributed by atoms with van der Waals surface area (Å²) in [5, 5.41) is 10.0. The van der Waals surface area contributed by atoms with Crippen LogP contribution in [0.1, 0.15) is 67.3 Å². The Morgan fingerprint density at radius 1 is 1.09 bits per heavy atom. The zero-order chi connectivity index (χ0) is 22.5. The summed E-state index contributed by atoms with van der Waals surface area (Å²) in [6, 6.07) is 13.4. The molecular weight excluding hydrogens is 472 g/mol. The fourth-order valence-corrected chi connectivity index (χ4v) is 6.03. The van der Waals surface area contributed by atoms with Gasteiger partial charge < -0.3 is 9.52 Å². The molecule has 166 valence electrons. The summed E-state index contributed by atoms with van der Waals surface area (Å²) in [7, 11) is 0. The quantitative estimate of drug-likeness (QED) is 0.417. The summed E-state index contributed by atoms with van der Waals surface area (Å²) in [4.78, 5) is 30.8. The standard InChI is InChI=1S/C25H25BrN2O4/c1-16(29)19-13-18(26)14-20-21(19)32-22(27-20)24-7-10-25(11-8-24,12-9-24)28(23(30)31)15-17-5-3-2-4-6-17/h2-6,13-14H,7-12,15H2,1H3,(H,30,31). The van der Waals surface area contributed by atoms with Crippen LogP contribution >= 0.6 is 15.9 Å². The van der Waals surface area contributed by atoms with E-state index in [-0.39, 0.29) is 16.7 Å². The van der Waals surface area contributed by atoms with E-state index >= 15 is 0 Å². The number of oxazole rings is 1. The van der Waals surface area contributed by atoms with Gasteiger partial charge in [-0.25, -0.2) is 9.78 Å². The Balaban J connectivity index is 1.44. The number of rotatable bonds is 5. The molecule has 3 aromatic rings. The van der Waals surface area contributed by atoms with Gasteiger partial charge in [0.15, 0.2) is 11.4 Å². The molecule has 3 fully saturated rings. The number of nitrogens with zero attached hydrogens (tertiary/aromatic N) is 2. The van der Waals surface area contributed by atoms with Gasteiger partial charge in [-0.2, -0.15) is 0 Å². The van der Waals surface area contributed by atoms with Gasteiger partial charge in [0, 0.05) is 22.0 Å². The first kappa shape index (κ1) is 21.2. The SMILES string of the molecule is CC(=O)c1cc(Br)cc2nc(C34CCC(N(Cc5ccccc5)C(=O)O)(CC3)CC4)oc12.